The van der Waals surface area contributed by atoms with Gasteiger partial charge >= 0.3 is 0 Å². The Kier molecular flexibility index (Phi) is 2.17. The standard InChI is InChI=1S/C8H10S/c1-7-3-2-4-8(5-7)6-9/h2-5,9H,6H2,1H3. The molecule has 0 aliphatic carbocycles. The summed E-state index contributed by atoms with van der Waals surface area (Å²) >= 11 is 4.16. The van der Waals surface area contributed by atoms with E-state index in [4.69, 9.17) is 0 Å². The summed E-state index contributed by atoms with van der Waals surface area (Å²) in [5, 5.41) is 0. The Morgan fingerprint density at radius 1 is 1.44 bits per heavy atom. The van der Waals surface area contributed by atoms with E-state index < -0.39 is 0 Å². The number of rotatable bonds is 1. The van der Waals surface area contributed by atoms with Crippen molar-refractivity contribution < 1.29 is 0 Å². The first-order valence-electron chi connectivity index (χ1n) is 2.99. The summed E-state index contributed by atoms with van der Waals surface area (Å²) in [6.07, 6.45) is 0. The predicted molar refractivity (Wildman–Crippen MR) is 43.9 cm³/mol. The maximum absolute atomic E-state index is 4.16. The zero-order valence-corrected chi connectivity index (χ0v) is 6.36. The van der Waals surface area contributed by atoms with Crippen molar-refractivity contribution in [2.24, 2.45) is 0 Å². The smallest absolute Gasteiger partial charge is 0.0154 e. The highest BCUT2D eigenvalue weighted by atomic mass is 32.1. The van der Waals surface area contributed by atoms with Crippen LogP contribution in [0.25, 0.3) is 0 Å². The number of benzene rings is 1. The molecule has 0 aliphatic rings. The van der Waals surface area contributed by atoms with Gasteiger partial charge in [0.2, 0.25) is 0 Å². The van der Waals surface area contributed by atoms with E-state index >= 15 is 0 Å². The third kappa shape index (κ3) is 1.75. The van der Waals surface area contributed by atoms with E-state index in [2.05, 4.69) is 43.8 Å². The number of hydrogen-bond donors (Lipinski definition) is 1. The van der Waals surface area contributed by atoms with Crippen LogP contribution in [0.5, 0.6) is 0 Å². The molecular formula is C8H10S. The fraction of sp³-hybridized carbons (Fsp3) is 0.250. The molecule has 0 saturated heterocycles. The second-order valence-corrected chi connectivity index (χ2v) is 2.46. The van der Waals surface area contributed by atoms with Gasteiger partial charge in [-0.1, -0.05) is 29.8 Å². The summed E-state index contributed by atoms with van der Waals surface area (Å²) in [4.78, 5) is 0. The minimum Gasteiger partial charge on any atom is -0.175 e. The van der Waals surface area contributed by atoms with Crippen LogP contribution in [0, 0.1) is 6.92 Å². The van der Waals surface area contributed by atoms with Gasteiger partial charge in [0.1, 0.15) is 0 Å². The first-order chi connectivity index (χ1) is 4.33. The Labute approximate surface area is 61.3 Å². The van der Waals surface area contributed by atoms with Crippen molar-refractivity contribution in [2.45, 2.75) is 12.7 Å². The van der Waals surface area contributed by atoms with Crippen molar-refractivity contribution in [3.63, 3.8) is 0 Å². The third-order valence-electron chi connectivity index (χ3n) is 1.27. The number of thiol groups is 1. The van der Waals surface area contributed by atoms with E-state index in [1.165, 1.54) is 11.1 Å². The Bertz CT molecular complexity index is 194. The largest absolute Gasteiger partial charge is 0.175 e. The van der Waals surface area contributed by atoms with Crippen LogP contribution in [0.3, 0.4) is 0 Å². The highest BCUT2D eigenvalue weighted by Gasteiger charge is 1.86. The lowest BCUT2D eigenvalue weighted by atomic mass is 10.2. The molecule has 48 valence electrons. The molecule has 0 unspecified atom stereocenters. The fourth-order valence-electron chi connectivity index (χ4n) is 0.810. The van der Waals surface area contributed by atoms with Crippen molar-refractivity contribution in [1.29, 1.82) is 0 Å². The molecule has 0 bridgehead atoms. The second kappa shape index (κ2) is 2.92. The van der Waals surface area contributed by atoms with E-state index in [1.807, 2.05) is 0 Å². The monoisotopic (exact) mass is 138 g/mol. The normalized spacial score (nSPS) is 9.56. The van der Waals surface area contributed by atoms with Gasteiger partial charge in [-0.2, -0.15) is 12.6 Å². The first-order valence-corrected chi connectivity index (χ1v) is 3.62. The van der Waals surface area contributed by atoms with Crippen LogP contribution in [-0.2, 0) is 5.75 Å². The molecule has 0 spiro atoms. The molecule has 0 aromatic heterocycles. The Morgan fingerprint density at radius 2 is 2.22 bits per heavy atom. The van der Waals surface area contributed by atoms with Crippen LogP contribution in [-0.4, -0.2) is 0 Å². The van der Waals surface area contributed by atoms with Crippen LogP contribution in [0.2, 0.25) is 0 Å². The van der Waals surface area contributed by atoms with Gasteiger partial charge in [0.25, 0.3) is 0 Å². The van der Waals surface area contributed by atoms with Crippen LogP contribution in [0.15, 0.2) is 24.3 Å². The van der Waals surface area contributed by atoms with Crippen molar-refractivity contribution in [3.8, 4) is 0 Å². The van der Waals surface area contributed by atoms with Gasteiger partial charge in [-0.05, 0) is 12.5 Å². The Hall–Kier alpha value is -0.430. The van der Waals surface area contributed by atoms with Crippen LogP contribution in [0.4, 0.5) is 0 Å². The number of hydrogen-bond acceptors (Lipinski definition) is 1. The van der Waals surface area contributed by atoms with Crippen molar-refractivity contribution in [3.05, 3.63) is 35.4 Å². The molecule has 0 saturated carbocycles. The average molecular weight is 138 g/mol. The molecule has 0 radical (unpaired) electrons. The van der Waals surface area contributed by atoms with Gasteiger partial charge in [-0.3, -0.25) is 0 Å². The molecule has 1 heteroatoms. The average Bonchev–Trinajstić information content (AvgIpc) is 1.88. The molecule has 0 aliphatic heterocycles. The van der Waals surface area contributed by atoms with Crippen LogP contribution < -0.4 is 0 Å². The van der Waals surface area contributed by atoms with Crippen molar-refractivity contribution in [2.75, 3.05) is 0 Å². The molecule has 0 fully saturated rings. The van der Waals surface area contributed by atoms with Crippen LogP contribution >= 0.6 is 12.6 Å². The summed E-state index contributed by atoms with van der Waals surface area (Å²) in [7, 11) is 0. The van der Waals surface area contributed by atoms with Gasteiger partial charge in [0.15, 0.2) is 0 Å². The van der Waals surface area contributed by atoms with Crippen LogP contribution in [0.1, 0.15) is 11.1 Å². The topological polar surface area (TPSA) is 0 Å². The SMILES string of the molecule is Cc1cccc(CS)c1. The van der Waals surface area contributed by atoms with E-state index in [0.717, 1.165) is 5.75 Å². The van der Waals surface area contributed by atoms with Crippen molar-refractivity contribution in [1.82, 2.24) is 0 Å². The summed E-state index contributed by atoms with van der Waals surface area (Å²) < 4.78 is 0. The zero-order valence-electron chi connectivity index (χ0n) is 5.46. The highest BCUT2D eigenvalue weighted by Crippen LogP contribution is 2.05. The minimum absolute atomic E-state index is 0.835. The summed E-state index contributed by atoms with van der Waals surface area (Å²) in [6, 6.07) is 8.38. The molecule has 0 atom stereocenters. The Morgan fingerprint density at radius 3 is 2.67 bits per heavy atom. The lowest BCUT2D eigenvalue weighted by Gasteiger charge is -1.94. The molecule has 1 aromatic carbocycles. The number of aryl methyl sites for hydroxylation is 1. The maximum Gasteiger partial charge on any atom is 0.0154 e. The molecular weight excluding hydrogens is 128 g/mol. The Balaban J connectivity index is 2.94. The maximum atomic E-state index is 4.16. The molecule has 0 N–H and O–H groups in total. The minimum atomic E-state index is 0.835. The quantitative estimate of drug-likeness (QED) is 0.566. The van der Waals surface area contributed by atoms with Gasteiger partial charge in [0, 0.05) is 5.75 Å². The van der Waals surface area contributed by atoms with Gasteiger partial charge in [0.05, 0.1) is 0 Å². The van der Waals surface area contributed by atoms with Gasteiger partial charge in [-0.25, -0.2) is 0 Å². The van der Waals surface area contributed by atoms with Gasteiger partial charge < -0.3 is 0 Å². The lowest BCUT2D eigenvalue weighted by Crippen LogP contribution is -1.77. The van der Waals surface area contributed by atoms with Crippen molar-refractivity contribution >= 4 is 12.6 Å². The van der Waals surface area contributed by atoms with E-state index in [0.29, 0.717) is 0 Å². The van der Waals surface area contributed by atoms with Gasteiger partial charge in [-0.15, -0.1) is 0 Å². The third-order valence-corrected chi connectivity index (χ3v) is 1.63. The first kappa shape index (κ1) is 6.69. The predicted octanol–water partition coefficient (Wildman–Crippen LogP) is 2.42. The highest BCUT2D eigenvalue weighted by molar-refractivity contribution is 7.79. The molecule has 0 amide bonds. The lowest BCUT2D eigenvalue weighted by molar-refractivity contribution is 1.36. The summed E-state index contributed by atoms with van der Waals surface area (Å²) in [6.45, 7) is 2.09. The molecule has 0 nitrogen and oxygen atoms in total. The fourth-order valence-corrected chi connectivity index (χ4v) is 1.01. The zero-order chi connectivity index (χ0) is 6.69. The molecule has 9 heavy (non-hydrogen) atoms. The summed E-state index contributed by atoms with van der Waals surface area (Å²) in [5.74, 6) is 0.835. The van der Waals surface area contributed by atoms with E-state index in [9.17, 15) is 0 Å². The molecule has 1 rings (SSSR count). The van der Waals surface area contributed by atoms with E-state index in [-0.39, 0.29) is 0 Å². The molecule has 1 aromatic rings. The van der Waals surface area contributed by atoms with E-state index in [1.54, 1.807) is 0 Å². The summed E-state index contributed by atoms with van der Waals surface area (Å²) in [5.41, 5.74) is 2.60. The second-order valence-electron chi connectivity index (χ2n) is 2.15. The molecule has 0 heterocycles.